The number of rotatable bonds is 4. The van der Waals surface area contributed by atoms with Gasteiger partial charge in [0, 0.05) is 39.9 Å². The number of allylic oxidation sites excluding steroid dienone is 3. The third-order valence-electron chi connectivity index (χ3n) is 4.37. The summed E-state index contributed by atoms with van der Waals surface area (Å²) in [5, 5.41) is 16.4. The van der Waals surface area contributed by atoms with Gasteiger partial charge in [-0.15, -0.1) is 11.3 Å². The van der Waals surface area contributed by atoms with Gasteiger partial charge in [0.05, 0.1) is 17.6 Å². The minimum absolute atomic E-state index is 0.00826. The lowest BCUT2D eigenvalue weighted by molar-refractivity contribution is -0.384. The van der Waals surface area contributed by atoms with E-state index >= 15 is 0 Å². The molecule has 1 unspecified atom stereocenters. The lowest BCUT2D eigenvalue weighted by Gasteiger charge is -2.31. The average molecular weight is 370 g/mol. The first kappa shape index (κ1) is 17.9. The van der Waals surface area contributed by atoms with E-state index in [1.54, 1.807) is 23.5 Å². The summed E-state index contributed by atoms with van der Waals surface area (Å²) in [6, 6.07) is 10.3. The quantitative estimate of drug-likeness (QED) is 0.495. The number of nitro groups is 1. The van der Waals surface area contributed by atoms with E-state index in [1.165, 1.54) is 19.2 Å². The number of nitrogens with one attached hydrogen (secondary N) is 1. The van der Waals surface area contributed by atoms with Crippen LogP contribution in [-0.2, 0) is 9.53 Å². The van der Waals surface area contributed by atoms with Crippen molar-refractivity contribution in [1.82, 2.24) is 5.32 Å². The highest BCUT2D eigenvalue weighted by Crippen LogP contribution is 2.45. The molecule has 0 radical (unpaired) electrons. The van der Waals surface area contributed by atoms with Gasteiger partial charge in [-0.25, -0.2) is 4.79 Å². The molecule has 134 valence electrons. The fraction of sp³-hybridized carbons (Fsp3) is 0.211. The predicted octanol–water partition coefficient (Wildman–Crippen LogP) is 4.22. The topological polar surface area (TPSA) is 81.5 Å². The fourth-order valence-electron chi connectivity index (χ4n) is 3.28. The Kier molecular flexibility index (Phi) is 4.90. The summed E-state index contributed by atoms with van der Waals surface area (Å²) in [5.74, 6) is -0.893. The smallest absolute Gasteiger partial charge is 0.336 e. The number of carbonyl (C=O) groups excluding carboxylic acids is 1. The van der Waals surface area contributed by atoms with Crippen LogP contribution in [0.3, 0.4) is 0 Å². The van der Waals surface area contributed by atoms with Crippen molar-refractivity contribution in [2.75, 3.05) is 7.11 Å². The van der Waals surface area contributed by atoms with Gasteiger partial charge in [-0.05, 0) is 30.9 Å². The second-order valence-corrected chi connectivity index (χ2v) is 6.90. The van der Waals surface area contributed by atoms with E-state index in [1.807, 2.05) is 31.4 Å². The van der Waals surface area contributed by atoms with Crippen LogP contribution >= 0.6 is 11.3 Å². The standard InChI is InChI=1S/C19H18N2O4S/c1-11-16(15-8-5-9-26-15)18(17(12(2)20-11)19(22)25-3)13-6-4-7-14(10-13)21(23)24/h4-10,18,20H,1-3H3. The Hall–Kier alpha value is -2.93. The molecule has 0 bridgehead atoms. The van der Waals surface area contributed by atoms with Crippen molar-refractivity contribution >= 4 is 28.6 Å². The lowest BCUT2D eigenvalue weighted by atomic mass is 9.79. The maximum absolute atomic E-state index is 12.5. The SMILES string of the molecule is COC(=O)C1=C(C)NC(C)=C(c2cccs2)C1c1cccc([N+](=O)[O-])c1. The summed E-state index contributed by atoms with van der Waals surface area (Å²) < 4.78 is 5.00. The number of thiophene rings is 1. The molecule has 1 N–H and O–H groups in total. The van der Waals surface area contributed by atoms with E-state index in [9.17, 15) is 14.9 Å². The Labute approximate surface area is 155 Å². The van der Waals surface area contributed by atoms with Gasteiger partial charge >= 0.3 is 5.97 Å². The number of nitrogens with zero attached hydrogens (tertiary/aromatic N) is 1. The fourth-order valence-corrected chi connectivity index (χ4v) is 4.14. The molecule has 1 aliphatic rings. The number of dihydropyridines is 1. The van der Waals surface area contributed by atoms with Crippen molar-refractivity contribution in [1.29, 1.82) is 0 Å². The summed E-state index contributed by atoms with van der Waals surface area (Å²) in [7, 11) is 1.34. The van der Waals surface area contributed by atoms with Crippen LogP contribution in [0.1, 0.15) is 30.2 Å². The Balaban J connectivity index is 2.25. The van der Waals surface area contributed by atoms with Crippen LogP contribution in [0.2, 0.25) is 0 Å². The van der Waals surface area contributed by atoms with Crippen molar-refractivity contribution in [3.05, 3.63) is 79.3 Å². The summed E-state index contributed by atoms with van der Waals surface area (Å²) in [4.78, 5) is 24.3. The van der Waals surface area contributed by atoms with E-state index in [0.717, 1.165) is 16.1 Å². The van der Waals surface area contributed by atoms with Crippen molar-refractivity contribution < 1.29 is 14.5 Å². The number of esters is 1. The normalized spacial score (nSPS) is 17.1. The highest BCUT2D eigenvalue weighted by molar-refractivity contribution is 7.11. The maximum Gasteiger partial charge on any atom is 0.336 e. The zero-order valence-corrected chi connectivity index (χ0v) is 15.4. The molecule has 1 aromatic carbocycles. The first-order valence-corrected chi connectivity index (χ1v) is 8.87. The zero-order valence-electron chi connectivity index (χ0n) is 14.6. The molecule has 2 heterocycles. The second-order valence-electron chi connectivity index (χ2n) is 5.96. The van der Waals surface area contributed by atoms with Crippen molar-refractivity contribution in [2.24, 2.45) is 0 Å². The minimum atomic E-state index is -0.451. The second kappa shape index (κ2) is 7.13. The van der Waals surface area contributed by atoms with E-state index in [0.29, 0.717) is 16.8 Å². The Morgan fingerprint density at radius 1 is 1.23 bits per heavy atom. The molecular weight excluding hydrogens is 352 g/mol. The highest BCUT2D eigenvalue weighted by atomic mass is 32.1. The highest BCUT2D eigenvalue weighted by Gasteiger charge is 2.35. The van der Waals surface area contributed by atoms with E-state index in [-0.39, 0.29) is 5.69 Å². The Morgan fingerprint density at radius 3 is 2.62 bits per heavy atom. The number of ether oxygens (including phenoxy) is 1. The summed E-state index contributed by atoms with van der Waals surface area (Å²) in [5.41, 5.74) is 3.66. The van der Waals surface area contributed by atoms with Crippen molar-refractivity contribution in [2.45, 2.75) is 19.8 Å². The molecule has 26 heavy (non-hydrogen) atoms. The molecule has 2 aromatic rings. The van der Waals surface area contributed by atoms with Crippen molar-refractivity contribution in [3.63, 3.8) is 0 Å². The largest absolute Gasteiger partial charge is 0.466 e. The molecule has 7 heteroatoms. The van der Waals surface area contributed by atoms with Crippen LogP contribution in [0, 0.1) is 10.1 Å². The predicted molar refractivity (Wildman–Crippen MR) is 101 cm³/mol. The number of non-ortho nitro benzene ring substituents is 1. The molecule has 6 nitrogen and oxygen atoms in total. The van der Waals surface area contributed by atoms with Crippen LogP contribution < -0.4 is 5.32 Å². The molecule has 1 aromatic heterocycles. The first-order chi connectivity index (χ1) is 12.4. The molecule has 0 aliphatic carbocycles. The number of methoxy groups -OCH3 is 1. The van der Waals surface area contributed by atoms with Gasteiger partial charge in [0.2, 0.25) is 0 Å². The number of hydrogen-bond acceptors (Lipinski definition) is 6. The average Bonchev–Trinajstić information content (AvgIpc) is 3.14. The maximum atomic E-state index is 12.5. The van der Waals surface area contributed by atoms with E-state index in [2.05, 4.69) is 5.32 Å². The number of carbonyl (C=O) groups is 1. The first-order valence-electron chi connectivity index (χ1n) is 7.99. The van der Waals surface area contributed by atoms with Crippen LogP contribution in [0.25, 0.3) is 5.57 Å². The molecule has 0 fully saturated rings. The monoisotopic (exact) mass is 370 g/mol. The van der Waals surface area contributed by atoms with Gasteiger partial charge in [0.25, 0.3) is 5.69 Å². The molecule has 0 amide bonds. The summed E-state index contributed by atoms with van der Waals surface area (Å²) >= 11 is 1.56. The van der Waals surface area contributed by atoms with E-state index < -0.39 is 16.8 Å². The third kappa shape index (κ3) is 3.13. The lowest BCUT2D eigenvalue weighted by Crippen LogP contribution is -2.28. The number of nitro benzene ring substituents is 1. The number of hydrogen-bond donors (Lipinski definition) is 1. The summed E-state index contributed by atoms with van der Waals surface area (Å²) in [6.45, 7) is 3.75. The Bertz CT molecular complexity index is 929. The third-order valence-corrected chi connectivity index (χ3v) is 5.27. The van der Waals surface area contributed by atoms with Crippen LogP contribution in [0.4, 0.5) is 5.69 Å². The minimum Gasteiger partial charge on any atom is -0.466 e. The zero-order chi connectivity index (χ0) is 18.8. The van der Waals surface area contributed by atoms with Crippen molar-refractivity contribution in [3.8, 4) is 0 Å². The van der Waals surface area contributed by atoms with Gasteiger partial charge in [-0.1, -0.05) is 18.2 Å². The number of benzene rings is 1. The molecule has 0 saturated heterocycles. The van der Waals surface area contributed by atoms with Crippen LogP contribution in [0.15, 0.2) is 58.7 Å². The molecule has 3 rings (SSSR count). The van der Waals surface area contributed by atoms with Crippen LogP contribution in [-0.4, -0.2) is 18.0 Å². The van der Waals surface area contributed by atoms with E-state index in [4.69, 9.17) is 4.74 Å². The van der Waals surface area contributed by atoms with Gasteiger partial charge < -0.3 is 10.1 Å². The van der Waals surface area contributed by atoms with Crippen LogP contribution in [0.5, 0.6) is 0 Å². The molecule has 0 spiro atoms. The molecular formula is C19H18N2O4S. The summed E-state index contributed by atoms with van der Waals surface area (Å²) in [6.07, 6.45) is 0. The molecule has 0 saturated carbocycles. The van der Waals surface area contributed by atoms with Gasteiger partial charge in [0.15, 0.2) is 0 Å². The Morgan fingerprint density at radius 2 is 2.00 bits per heavy atom. The van der Waals surface area contributed by atoms with Gasteiger partial charge in [0.1, 0.15) is 0 Å². The molecule has 1 atom stereocenters. The molecule has 1 aliphatic heterocycles. The van der Waals surface area contributed by atoms with Gasteiger partial charge in [-0.2, -0.15) is 0 Å². The van der Waals surface area contributed by atoms with Gasteiger partial charge in [-0.3, -0.25) is 10.1 Å².